The van der Waals surface area contributed by atoms with Gasteiger partial charge in [-0.2, -0.15) is 0 Å². The normalized spacial score (nSPS) is 19.6. The molecule has 1 aliphatic heterocycles. The molecule has 0 amide bonds. The van der Waals surface area contributed by atoms with Crippen LogP contribution >= 0.6 is 0 Å². The predicted octanol–water partition coefficient (Wildman–Crippen LogP) is 5.02. The third kappa shape index (κ3) is 2.56. The van der Waals surface area contributed by atoms with Gasteiger partial charge < -0.3 is 0 Å². The fraction of sp³-hybridized carbons (Fsp3) is 0.143. The fourth-order valence-electron chi connectivity index (χ4n) is 3.22. The largest absolute Gasteiger partial charge is 0.227 e. The lowest BCUT2D eigenvalue weighted by atomic mass is 9.81. The Balaban J connectivity index is 1.77. The average molecular weight is 302 g/mol. The van der Waals surface area contributed by atoms with E-state index in [1.807, 2.05) is 54.6 Å². The molecule has 23 heavy (non-hydrogen) atoms. The Hall–Kier alpha value is -2.42. The molecule has 1 unspecified atom stereocenters. The van der Waals surface area contributed by atoms with Gasteiger partial charge in [-0.1, -0.05) is 91.0 Å². The average Bonchev–Trinajstić information content (AvgIpc) is 3.11. The molecule has 0 aromatic heterocycles. The van der Waals surface area contributed by atoms with Crippen molar-refractivity contribution in [2.45, 2.75) is 18.1 Å². The van der Waals surface area contributed by atoms with Crippen LogP contribution in [0.4, 0.5) is 0 Å². The van der Waals surface area contributed by atoms with Crippen LogP contribution < -0.4 is 0 Å². The lowest BCUT2D eigenvalue weighted by Crippen LogP contribution is -2.26. The molecular weight excluding hydrogens is 284 g/mol. The maximum atomic E-state index is 5.98. The summed E-state index contributed by atoms with van der Waals surface area (Å²) in [5, 5.41) is 0. The maximum absolute atomic E-state index is 5.98. The summed E-state index contributed by atoms with van der Waals surface area (Å²) >= 11 is 0. The summed E-state index contributed by atoms with van der Waals surface area (Å²) in [5.74, 6) is 0. The SMILES string of the molecule is c1ccc(C2CC(c3ccccc3)(c3ccccc3)OO2)cc1. The van der Waals surface area contributed by atoms with E-state index in [9.17, 15) is 0 Å². The fourth-order valence-corrected chi connectivity index (χ4v) is 3.22. The molecule has 0 N–H and O–H groups in total. The Morgan fingerprint density at radius 2 is 1.13 bits per heavy atom. The molecule has 1 atom stereocenters. The van der Waals surface area contributed by atoms with E-state index in [0.717, 1.165) is 23.1 Å². The molecule has 0 saturated carbocycles. The van der Waals surface area contributed by atoms with Gasteiger partial charge >= 0.3 is 0 Å². The standard InChI is InChI=1S/C21H18O2/c1-4-10-17(11-5-1)20-16-21(23-22-20,18-12-6-2-7-13-18)19-14-8-3-9-15-19/h1-15,20H,16H2. The minimum atomic E-state index is -0.566. The van der Waals surface area contributed by atoms with Gasteiger partial charge in [0.15, 0.2) is 5.60 Å². The Bertz CT molecular complexity index is 714. The van der Waals surface area contributed by atoms with E-state index < -0.39 is 5.60 Å². The van der Waals surface area contributed by atoms with Crippen LogP contribution in [0, 0.1) is 0 Å². The van der Waals surface area contributed by atoms with Crippen LogP contribution in [0.2, 0.25) is 0 Å². The second-order valence-electron chi connectivity index (χ2n) is 5.84. The summed E-state index contributed by atoms with van der Waals surface area (Å²) in [5.41, 5.74) is 2.80. The van der Waals surface area contributed by atoms with Crippen molar-refractivity contribution in [3.05, 3.63) is 108 Å². The molecule has 1 saturated heterocycles. The van der Waals surface area contributed by atoms with Crippen molar-refractivity contribution in [3.8, 4) is 0 Å². The van der Waals surface area contributed by atoms with Gasteiger partial charge in [0.1, 0.15) is 6.10 Å². The molecule has 2 heteroatoms. The summed E-state index contributed by atoms with van der Waals surface area (Å²) in [7, 11) is 0. The highest BCUT2D eigenvalue weighted by Gasteiger charge is 2.46. The molecule has 0 spiro atoms. The maximum Gasteiger partial charge on any atom is 0.156 e. The quantitative estimate of drug-likeness (QED) is 0.632. The van der Waals surface area contributed by atoms with Crippen molar-refractivity contribution in [1.29, 1.82) is 0 Å². The molecule has 0 aliphatic carbocycles. The van der Waals surface area contributed by atoms with Gasteiger partial charge in [-0.25, -0.2) is 9.78 Å². The van der Waals surface area contributed by atoms with Gasteiger partial charge in [-0.3, -0.25) is 0 Å². The molecule has 0 radical (unpaired) electrons. The first kappa shape index (κ1) is 14.2. The summed E-state index contributed by atoms with van der Waals surface area (Å²) in [6.45, 7) is 0. The van der Waals surface area contributed by atoms with E-state index in [2.05, 4.69) is 36.4 Å². The van der Waals surface area contributed by atoms with E-state index in [0.29, 0.717) is 0 Å². The number of benzene rings is 3. The molecule has 1 fully saturated rings. The minimum absolute atomic E-state index is 0.0726. The summed E-state index contributed by atoms with van der Waals surface area (Å²) in [6, 6.07) is 30.9. The molecule has 114 valence electrons. The van der Waals surface area contributed by atoms with Crippen molar-refractivity contribution < 1.29 is 9.78 Å². The zero-order valence-electron chi connectivity index (χ0n) is 12.8. The van der Waals surface area contributed by atoms with Crippen molar-refractivity contribution in [2.24, 2.45) is 0 Å². The van der Waals surface area contributed by atoms with Crippen LogP contribution in [0.15, 0.2) is 91.0 Å². The zero-order chi connectivity index (χ0) is 15.5. The van der Waals surface area contributed by atoms with E-state index in [1.165, 1.54) is 0 Å². The monoisotopic (exact) mass is 302 g/mol. The highest BCUT2D eigenvalue weighted by atomic mass is 17.2. The van der Waals surface area contributed by atoms with Crippen LogP contribution in [0.1, 0.15) is 29.2 Å². The van der Waals surface area contributed by atoms with E-state index in [4.69, 9.17) is 9.78 Å². The molecule has 1 aliphatic rings. The topological polar surface area (TPSA) is 18.5 Å². The van der Waals surface area contributed by atoms with Crippen LogP contribution in [0.25, 0.3) is 0 Å². The molecular formula is C21H18O2. The highest BCUT2D eigenvalue weighted by molar-refractivity contribution is 5.38. The number of rotatable bonds is 3. The van der Waals surface area contributed by atoms with Crippen LogP contribution in [-0.2, 0) is 15.4 Å². The van der Waals surface area contributed by atoms with E-state index in [-0.39, 0.29) is 6.10 Å². The minimum Gasteiger partial charge on any atom is -0.227 e. The number of hydrogen-bond acceptors (Lipinski definition) is 2. The first-order chi connectivity index (χ1) is 11.4. The van der Waals surface area contributed by atoms with Gasteiger partial charge in [0, 0.05) is 6.42 Å². The van der Waals surface area contributed by atoms with Crippen LogP contribution in [0.5, 0.6) is 0 Å². The molecule has 2 nitrogen and oxygen atoms in total. The Kier molecular flexibility index (Phi) is 3.70. The summed E-state index contributed by atoms with van der Waals surface area (Å²) < 4.78 is 0. The van der Waals surface area contributed by atoms with Crippen molar-refractivity contribution in [1.82, 2.24) is 0 Å². The summed E-state index contributed by atoms with van der Waals surface area (Å²) in [4.78, 5) is 11.7. The lowest BCUT2D eigenvalue weighted by molar-refractivity contribution is -0.322. The first-order valence-corrected chi connectivity index (χ1v) is 7.89. The third-order valence-electron chi connectivity index (χ3n) is 4.43. The molecule has 4 rings (SSSR count). The lowest BCUT2D eigenvalue weighted by Gasteiger charge is -2.27. The number of hydrogen-bond donors (Lipinski definition) is 0. The van der Waals surface area contributed by atoms with Crippen LogP contribution in [-0.4, -0.2) is 0 Å². The van der Waals surface area contributed by atoms with Gasteiger partial charge in [0.05, 0.1) is 0 Å². The zero-order valence-corrected chi connectivity index (χ0v) is 12.8. The molecule has 3 aromatic carbocycles. The Morgan fingerprint density at radius 1 is 0.652 bits per heavy atom. The van der Waals surface area contributed by atoms with E-state index in [1.54, 1.807) is 0 Å². The smallest absolute Gasteiger partial charge is 0.156 e. The van der Waals surface area contributed by atoms with Crippen molar-refractivity contribution in [2.75, 3.05) is 0 Å². The van der Waals surface area contributed by atoms with Gasteiger partial charge in [0.2, 0.25) is 0 Å². The Labute approximate surface area is 136 Å². The van der Waals surface area contributed by atoms with Gasteiger partial charge in [-0.05, 0) is 16.7 Å². The second-order valence-corrected chi connectivity index (χ2v) is 5.84. The van der Waals surface area contributed by atoms with Gasteiger partial charge in [0.25, 0.3) is 0 Å². The van der Waals surface area contributed by atoms with E-state index >= 15 is 0 Å². The predicted molar refractivity (Wildman–Crippen MR) is 89.6 cm³/mol. The molecule has 1 heterocycles. The molecule has 0 bridgehead atoms. The van der Waals surface area contributed by atoms with Crippen molar-refractivity contribution in [3.63, 3.8) is 0 Å². The summed E-state index contributed by atoms with van der Waals surface area (Å²) in [6.07, 6.45) is 0.682. The van der Waals surface area contributed by atoms with Crippen LogP contribution in [0.3, 0.4) is 0 Å². The highest BCUT2D eigenvalue weighted by Crippen LogP contribution is 2.48. The third-order valence-corrected chi connectivity index (χ3v) is 4.43. The van der Waals surface area contributed by atoms with Crippen molar-refractivity contribution >= 4 is 0 Å². The first-order valence-electron chi connectivity index (χ1n) is 7.89. The van der Waals surface area contributed by atoms with Gasteiger partial charge in [-0.15, -0.1) is 0 Å². The molecule has 3 aromatic rings. The Morgan fingerprint density at radius 3 is 1.65 bits per heavy atom. The second kappa shape index (κ2) is 5.99.